The number of carbonyl (C=O) groups excluding carboxylic acids is 1. The predicted octanol–water partition coefficient (Wildman–Crippen LogP) is 3.93. The van der Waals surface area contributed by atoms with E-state index in [0.717, 1.165) is 27.4 Å². The number of aromatic nitrogens is 3. The third-order valence-electron chi connectivity index (χ3n) is 4.71. The van der Waals surface area contributed by atoms with Crippen molar-refractivity contribution < 1.29 is 4.79 Å². The highest BCUT2D eigenvalue weighted by molar-refractivity contribution is 7.13. The number of para-hydroxylation sites is 2. The van der Waals surface area contributed by atoms with Gasteiger partial charge in [0, 0.05) is 24.0 Å². The molecule has 1 fully saturated rings. The molecule has 26 heavy (non-hydrogen) atoms. The largest absolute Gasteiger partial charge is 0.342 e. The minimum absolute atomic E-state index is 0.00390. The summed E-state index contributed by atoms with van der Waals surface area (Å²) in [6.07, 6.45) is 0. The Hall–Kier alpha value is -2.99. The molecule has 0 aliphatic carbocycles. The Kier molecular flexibility index (Phi) is 3.57. The number of likely N-dealkylation sites (tertiary alicyclic amines) is 1. The SMILES string of the molecule is O=C(c1csc(-c2ccccc2)n1)N1CC(c2nc3ccccc3[nH]2)C1. The number of nitrogens with zero attached hydrogens (tertiary/aromatic N) is 3. The van der Waals surface area contributed by atoms with Crippen LogP contribution in [-0.2, 0) is 0 Å². The number of thiazole rings is 1. The van der Waals surface area contributed by atoms with Crippen LogP contribution in [0.2, 0.25) is 0 Å². The lowest BCUT2D eigenvalue weighted by atomic mass is 9.99. The van der Waals surface area contributed by atoms with Gasteiger partial charge in [-0.15, -0.1) is 11.3 Å². The minimum Gasteiger partial charge on any atom is -0.342 e. The van der Waals surface area contributed by atoms with Gasteiger partial charge in [-0.25, -0.2) is 9.97 Å². The second-order valence-corrected chi connectivity index (χ2v) is 7.31. The Bertz CT molecular complexity index is 1050. The van der Waals surface area contributed by atoms with Crippen LogP contribution in [0.25, 0.3) is 21.6 Å². The summed E-state index contributed by atoms with van der Waals surface area (Å²) in [4.78, 5) is 27.0. The van der Waals surface area contributed by atoms with E-state index in [4.69, 9.17) is 0 Å². The molecule has 2 aromatic heterocycles. The van der Waals surface area contributed by atoms with E-state index in [2.05, 4.69) is 15.0 Å². The zero-order chi connectivity index (χ0) is 17.5. The standard InChI is InChI=1S/C20H16N4OS/c25-20(17-12-26-19(23-17)13-6-2-1-3-7-13)24-10-14(11-24)18-21-15-8-4-5-9-16(15)22-18/h1-9,12,14H,10-11H2,(H,21,22). The second kappa shape index (κ2) is 6.07. The molecular weight excluding hydrogens is 344 g/mol. The number of H-pyrrole nitrogens is 1. The van der Waals surface area contributed by atoms with E-state index in [9.17, 15) is 4.79 Å². The summed E-state index contributed by atoms with van der Waals surface area (Å²) in [5, 5.41) is 2.72. The van der Waals surface area contributed by atoms with Crippen molar-refractivity contribution in [1.29, 1.82) is 0 Å². The number of benzene rings is 2. The van der Waals surface area contributed by atoms with E-state index in [-0.39, 0.29) is 11.8 Å². The fraction of sp³-hybridized carbons (Fsp3) is 0.150. The zero-order valence-corrected chi connectivity index (χ0v) is 14.7. The van der Waals surface area contributed by atoms with E-state index >= 15 is 0 Å². The summed E-state index contributed by atoms with van der Waals surface area (Å²) in [5.41, 5.74) is 3.58. The normalized spacial score (nSPS) is 14.5. The Morgan fingerprint density at radius 1 is 1.04 bits per heavy atom. The van der Waals surface area contributed by atoms with E-state index in [0.29, 0.717) is 18.8 Å². The Morgan fingerprint density at radius 2 is 1.81 bits per heavy atom. The van der Waals surface area contributed by atoms with E-state index in [1.807, 2.05) is 64.9 Å². The van der Waals surface area contributed by atoms with Crippen molar-refractivity contribution in [3.63, 3.8) is 0 Å². The van der Waals surface area contributed by atoms with Crippen LogP contribution in [0.4, 0.5) is 0 Å². The monoisotopic (exact) mass is 360 g/mol. The highest BCUT2D eigenvalue weighted by atomic mass is 32.1. The minimum atomic E-state index is -0.00390. The maximum atomic E-state index is 12.7. The summed E-state index contributed by atoms with van der Waals surface area (Å²) < 4.78 is 0. The average Bonchev–Trinajstić information content (AvgIpc) is 3.28. The maximum absolute atomic E-state index is 12.7. The van der Waals surface area contributed by atoms with Crippen LogP contribution in [0.15, 0.2) is 60.0 Å². The quantitative estimate of drug-likeness (QED) is 0.602. The van der Waals surface area contributed by atoms with Gasteiger partial charge >= 0.3 is 0 Å². The molecular formula is C20H16N4OS. The average molecular weight is 360 g/mol. The number of carbonyl (C=O) groups is 1. The highest BCUT2D eigenvalue weighted by Crippen LogP contribution is 2.29. The fourth-order valence-electron chi connectivity index (χ4n) is 3.23. The van der Waals surface area contributed by atoms with Gasteiger partial charge in [-0.2, -0.15) is 0 Å². The number of aromatic amines is 1. The van der Waals surface area contributed by atoms with Crippen molar-refractivity contribution in [2.24, 2.45) is 0 Å². The smallest absolute Gasteiger partial charge is 0.273 e. The summed E-state index contributed by atoms with van der Waals surface area (Å²) in [7, 11) is 0. The molecule has 0 radical (unpaired) electrons. The molecule has 5 nitrogen and oxygen atoms in total. The van der Waals surface area contributed by atoms with Crippen LogP contribution in [0.3, 0.4) is 0 Å². The Labute approximate surface area is 154 Å². The molecule has 0 saturated carbocycles. The summed E-state index contributed by atoms with van der Waals surface area (Å²) in [5.74, 6) is 1.22. The summed E-state index contributed by atoms with van der Waals surface area (Å²) in [6, 6.07) is 17.9. The molecule has 0 spiro atoms. The first-order valence-corrected chi connectivity index (χ1v) is 9.41. The van der Waals surface area contributed by atoms with Crippen LogP contribution in [0.5, 0.6) is 0 Å². The lowest BCUT2D eigenvalue weighted by Gasteiger charge is -2.37. The van der Waals surface area contributed by atoms with Crippen LogP contribution >= 0.6 is 11.3 Å². The molecule has 0 bridgehead atoms. The number of imidazole rings is 1. The van der Waals surface area contributed by atoms with Crippen molar-refractivity contribution in [3.05, 3.63) is 71.5 Å². The molecule has 1 aliphatic heterocycles. The van der Waals surface area contributed by atoms with Gasteiger partial charge in [0.2, 0.25) is 0 Å². The lowest BCUT2D eigenvalue weighted by Crippen LogP contribution is -2.48. The van der Waals surface area contributed by atoms with Gasteiger partial charge in [0.25, 0.3) is 5.91 Å². The van der Waals surface area contributed by atoms with Crippen molar-refractivity contribution in [1.82, 2.24) is 19.9 Å². The van der Waals surface area contributed by atoms with E-state index in [1.165, 1.54) is 11.3 Å². The molecule has 1 amide bonds. The molecule has 2 aromatic carbocycles. The third-order valence-corrected chi connectivity index (χ3v) is 5.60. The first-order valence-electron chi connectivity index (χ1n) is 8.53. The zero-order valence-electron chi connectivity index (χ0n) is 13.9. The highest BCUT2D eigenvalue weighted by Gasteiger charge is 2.35. The number of fused-ring (bicyclic) bond motifs is 1. The first kappa shape index (κ1) is 15.3. The molecule has 128 valence electrons. The molecule has 1 N–H and O–H groups in total. The molecule has 4 aromatic rings. The number of amides is 1. The third kappa shape index (κ3) is 2.59. The van der Waals surface area contributed by atoms with Crippen LogP contribution < -0.4 is 0 Å². The molecule has 5 rings (SSSR count). The van der Waals surface area contributed by atoms with E-state index in [1.54, 1.807) is 0 Å². The van der Waals surface area contributed by atoms with Gasteiger partial charge in [-0.1, -0.05) is 42.5 Å². The number of hydrogen-bond donors (Lipinski definition) is 1. The first-order chi connectivity index (χ1) is 12.8. The second-order valence-electron chi connectivity index (χ2n) is 6.45. The Balaban J connectivity index is 1.29. The number of hydrogen-bond acceptors (Lipinski definition) is 4. The fourth-order valence-corrected chi connectivity index (χ4v) is 4.03. The van der Waals surface area contributed by atoms with Crippen molar-refractivity contribution in [3.8, 4) is 10.6 Å². The summed E-state index contributed by atoms with van der Waals surface area (Å²) in [6.45, 7) is 1.35. The lowest BCUT2D eigenvalue weighted by molar-refractivity contribution is 0.0590. The summed E-state index contributed by atoms with van der Waals surface area (Å²) >= 11 is 1.51. The van der Waals surface area contributed by atoms with Gasteiger partial charge in [-0.3, -0.25) is 4.79 Å². The topological polar surface area (TPSA) is 61.9 Å². The van der Waals surface area contributed by atoms with Crippen molar-refractivity contribution in [2.45, 2.75) is 5.92 Å². The molecule has 1 aliphatic rings. The van der Waals surface area contributed by atoms with Crippen LogP contribution in [0.1, 0.15) is 22.2 Å². The number of rotatable bonds is 3. The molecule has 0 unspecified atom stereocenters. The van der Waals surface area contributed by atoms with E-state index < -0.39 is 0 Å². The van der Waals surface area contributed by atoms with Gasteiger partial charge in [0.05, 0.1) is 17.0 Å². The van der Waals surface area contributed by atoms with Crippen LogP contribution in [0, 0.1) is 0 Å². The van der Waals surface area contributed by atoms with Gasteiger partial charge in [-0.05, 0) is 12.1 Å². The molecule has 6 heteroatoms. The van der Waals surface area contributed by atoms with Gasteiger partial charge in [0.1, 0.15) is 16.5 Å². The molecule has 0 atom stereocenters. The van der Waals surface area contributed by atoms with Gasteiger partial charge < -0.3 is 9.88 Å². The Morgan fingerprint density at radius 3 is 2.62 bits per heavy atom. The van der Waals surface area contributed by atoms with Crippen molar-refractivity contribution in [2.75, 3.05) is 13.1 Å². The number of nitrogens with one attached hydrogen (secondary N) is 1. The van der Waals surface area contributed by atoms with Crippen LogP contribution in [-0.4, -0.2) is 38.8 Å². The predicted molar refractivity (Wildman–Crippen MR) is 102 cm³/mol. The molecule has 1 saturated heterocycles. The van der Waals surface area contributed by atoms with Crippen molar-refractivity contribution >= 4 is 28.3 Å². The van der Waals surface area contributed by atoms with Gasteiger partial charge in [0.15, 0.2) is 0 Å². The maximum Gasteiger partial charge on any atom is 0.273 e. The molecule has 3 heterocycles.